The Morgan fingerprint density at radius 2 is 1.71 bits per heavy atom. The van der Waals surface area contributed by atoms with Gasteiger partial charge in [-0.25, -0.2) is 9.82 Å². The van der Waals surface area contributed by atoms with Crippen molar-refractivity contribution in [3.8, 4) is 17.2 Å². The van der Waals surface area contributed by atoms with E-state index in [1.165, 1.54) is 30.3 Å². The van der Waals surface area contributed by atoms with E-state index in [0.29, 0.717) is 37.1 Å². The Morgan fingerprint density at radius 3 is 2.25 bits per heavy atom. The summed E-state index contributed by atoms with van der Waals surface area (Å²) in [6, 6.07) is 7.35. The summed E-state index contributed by atoms with van der Waals surface area (Å²) in [5.41, 5.74) is 2.69. The molecule has 0 unspecified atom stereocenters. The number of rotatable bonds is 9. The quantitative estimate of drug-likeness (QED) is 0.492. The standard InChI is InChI=1S/C20H22ClFN2O4/c1-4-26-17-10-13(11-18(27-5-2)19(17)28-6-3)20(25)24-23-12-14-15(21)8-7-9-16(14)22/h7-12H,4-6H2,1-3H3,(H,24,25). The van der Waals surface area contributed by atoms with E-state index >= 15 is 0 Å². The Morgan fingerprint density at radius 1 is 1.11 bits per heavy atom. The Bertz CT molecular complexity index is 811. The summed E-state index contributed by atoms with van der Waals surface area (Å²) < 4.78 is 30.5. The lowest BCUT2D eigenvalue weighted by molar-refractivity contribution is 0.0954. The number of nitrogens with one attached hydrogen (secondary N) is 1. The van der Waals surface area contributed by atoms with Crippen LogP contribution in [-0.2, 0) is 0 Å². The van der Waals surface area contributed by atoms with Gasteiger partial charge < -0.3 is 14.2 Å². The highest BCUT2D eigenvalue weighted by Gasteiger charge is 2.18. The molecule has 8 heteroatoms. The largest absolute Gasteiger partial charge is 0.490 e. The van der Waals surface area contributed by atoms with Gasteiger partial charge >= 0.3 is 0 Å². The van der Waals surface area contributed by atoms with Crippen LogP contribution >= 0.6 is 11.6 Å². The molecule has 0 saturated heterocycles. The van der Waals surface area contributed by atoms with Crippen LogP contribution in [0.4, 0.5) is 4.39 Å². The van der Waals surface area contributed by atoms with Crippen molar-refractivity contribution in [3.63, 3.8) is 0 Å². The van der Waals surface area contributed by atoms with Crippen LogP contribution in [0.1, 0.15) is 36.7 Å². The van der Waals surface area contributed by atoms with Gasteiger partial charge in [0.05, 0.1) is 31.1 Å². The number of hydrazone groups is 1. The average molecular weight is 409 g/mol. The van der Waals surface area contributed by atoms with Gasteiger partial charge in [0.15, 0.2) is 11.5 Å². The summed E-state index contributed by atoms with van der Waals surface area (Å²) in [5.74, 6) is 0.157. The first-order valence-electron chi connectivity index (χ1n) is 8.85. The Hall–Kier alpha value is -2.80. The van der Waals surface area contributed by atoms with Crippen molar-refractivity contribution in [2.45, 2.75) is 20.8 Å². The fraction of sp³-hybridized carbons (Fsp3) is 0.300. The minimum absolute atomic E-state index is 0.0844. The molecule has 0 heterocycles. The molecular formula is C20H22ClFN2O4. The summed E-state index contributed by atoms with van der Waals surface area (Å²) in [4.78, 5) is 12.5. The molecule has 0 atom stereocenters. The number of nitrogens with zero attached hydrogens (tertiary/aromatic N) is 1. The first kappa shape index (κ1) is 21.5. The molecule has 2 rings (SSSR count). The number of carbonyl (C=O) groups is 1. The minimum Gasteiger partial charge on any atom is -0.490 e. The van der Waals surface area contributed by atoms with Crippen LogP contribution in [0, 0.1) is 5.82 Å². The molecular weight excluding hydrogens is 387 g/mol. The monoisotopic (exact) mass is 408 g/mol. The summed E-state index contributed by atoms with van der Waals surface area (Å²) in [5, 5.41) is 3.98. The normalized spacial score (nSPS) is 10.8. The third kappa shape index (κ3) is 5.36. The molecule has 0 aliphatic rings. The third-order valence-electron chi connectivity index (χ3n) is 3.53. The zero-order valence-electron chi connectivity index (χ0n) is 15.9. The maximum Gasteiger partial charge on any atom is 0.271 e. The van der Waals surface area contributed by atoms with Gasteiger partial charge in [0.25, 0.3) is 5.91 Å². The zero-order valence-corrected chi connectivity index (χ0v) is 16.7. The molecule has 2 aromatic carbocycles. The lowest BCUT2D eigenvalue weighted by atomic mass is 10.1. The number of halogens is 2. The van der Waals surface area contributed by atoms with E-state index in [1.54, 1.807) is 0 Å². The summed E-state index contributed by atoms with van der Waals surface area (Å²) in [6.07, 6.45) is 1.15. The zero-order chi connectivity index (χ0) is 20.5. The van der Waals surface area contributed by atoms with Crippen molar-refractivity contribution >= 4 is 23.7 Å². The molecule has 0 aromatic heterocycles. The maximum atomic E-state index is 13.8. The van der Waals surface area contributed by atoms with Crippen molar-refractivity contribution in [1.29, 1.82) is 0 Å². The second-order valence-corrected chi connectivity index (χ2v) is 5.84. The Labute approximate surface area is 168 Å². The number of amides is 1. The predicted octanol–water partition coefficient (Wildman–Crippen LogP) is 4.44. The van der Waals surface area contributed by atoms with Gasteiger partial charge in [-0.05, 0) is 45.0 Å². The molecule has 150 valence electrons. The van der Waals surface area contributed by atoms with Gasteiger partial charge in [-0.3, -0.25) is 4.79 Å². The number of carbonyl (C=O) groups excluding carboxylic acids is 1. The van der Waals surface area contributed by atoms with Crippen LogP contribution < -0.4 is 19.6 Å². The molecule has 28 heavy (non-hydrogen) atoms. The SMILES string of the molecule is CCOc1cc(C(=O)NN=Cc2c(F)cccc2Cl)cc(OCC)c1OCC. The Balaban J connectivity index is 2.27. The summed E-state index contributed by atoms with van der Waals surface area (Å²) >= 11 is 5.93. The molecule has 2 aromatic rings. The smallest absolute Gasteiger partial charge is 0.271 e. The van der Waals surface area contributed by atoms with E-state index in [-0.39, 0.29) is 16.1 Å². The minimum atomic E-state index is -0.538. The van der Waals surface area contributed by atoms with Crippen LogP contribution in [0.5, 0.6) is 17.2 Å². The molecule has 0 aliphatic carbocycles. The number of hydrogen-bond acceptors (Lipinski definition) is 5. The fourth-order valence-corrected chi connectivity index (χ4v) is 2.59. The van der Waals surface area contributed by atoms with Crippen LogP contribution in [0.15, 0.2) is 35.4 Å². The lowest BCUT2D eigenvalue weighted by Gasteiger charge is -2.16. The van der Waals surface area contributed by atoms with Crippen LogP contribution in [0.3, 0.4) is 0 Å². The lowest BCUT2D eigenvalue weighted by Crippen LogP contribution is -2.18. The predicted molar refractivity (Wildman–Crippen MR) is 106 cm³/mol. The van der Waals surface area contributed by atoms with E-state index in [2.05, 4.69) is 10.5 Å². The highest BCUT2D eigenvalue weighted by Crippen LogP contribution is 2.39. The van der Waals surface area contributed by atoms with Crippen molar-refractivity contribution in [2.24, 2.45) is 5.10 Å². The summed E-state index contributed by atoms with van der Waals surface area (Å²) in [7, 11) is 0. The van der Waals surface area contributed by atoms with Crippen molar-refractivity contribution in [1.82, 2.24) is 5.43 Å². The first-order chi connectivity index (χ1) is 13.5. The van der Waals surface area contributed by atoms with Gasteiger partial charge in [-0.2, -0.15) is 5.10 Å². The highest BCUT2D eigenvalue weighted by atomic mass is 35.5. The number of ether oxygens (including phenoxy) is 3. The van der Waals surface area contributed by atoms with Crippen molar-refractivity contribution in [2.75, 3.05) is 19.8 Å². The van der Waals surface area contributed by atoms with Gasteiger partial charge in [0.1, 0.15) is 5.82 Å². The Kier molecular flexibility index (Phi) is 8.07. The second-order valence-electron chi connectivity index (χ2n) is 5.44. The molecule has 0 radical (unpaired) electrons. The highest BCUT2D eigenvalue weighted by molar-refractivity contribution is 6.33. The molecule has 0 bridgehead atoms. The van der Waals surface area contributed by atoms with Crippen molar-refractivity contribution < 1.29 is 23.4 Å². The van der Waals surface area contributed by atoms with Gasteiger partial charge in [-0.15, -0.1) is 0 Å². The van der Waals surface area contributed by atoms with Crippen molar-refractivity contribution in [3.05, 3.63) is 52.3 Å². The van der Waals surface area contributed by atoms with Crippen LogP contribution in [0.2, 0.25) is 5.02 Å². The molecule has 6 nitrogen and oxygen atoms in total. The number of hydrogen-bond donors (Lipinski definition) is 1. The van der Waals surface area contributed by atoms with E-state index in [0.717, 1.165) is 6.21 Å². The van der Waals surface area contributed by atoms with Gasteiger partial charge in [-0.1, -0.05) is 17.7 Å². The molecule has 0 spiro atoms. The first-order valence-corrected chi connectivity index (χ1v) is 9.23. The summed E-state index contributed by atoms with van der Waals surface area (Å²) in [6.45, 7) is 6.69. The van der Waals surface area contributed by atoms with E-state index in [4.69, 9.17) is 25.8 Å². The second kappa shape index (κ2) is 10.5. The number of benzene rings is 2. The molecule has 0 aliphatic heterocycles. The van der Waals surface area contributed by atoms with Gasteiger partial charge in [0.2, 0.25) is 5.75 Å². The maximum absolute atomic E-state index is 13.8. The fourth-order valence-electron chi connectivity index (χ4n) is 2.37. The molecule has 1 amide bonds. The molecule has 1 N–H and O–H groups in total. The van der Waals surface area contributed by atoms with Crippen LogP contribution in [0.25, 0.3) is 0 Å². The molecule has 0 saturated carbocycles. The average Bonchev–Trinajstić information content (AvgIpc) is 2.66. The van der Waals surface area contributed by atoms with Crippen LogP contribution in [-0.4, -0.2) is 31.9 Å². The van der Waals surface area contributed by atoms with E-state index in [1.807, 2.05) is 20.8 Å². The molecule has 0 fully saturated rings. The van der Waals surface area contributed by atoms with E-state index in [9.17, 15) is 9.18 Å². The van der Waals surface area contributed by atoms with E-state index < -0.39 is 11.7 Å². The third-order valence-corrected chi connectivity index (χ3v) is 3.86. The topological polar surface area (TPSA) is 69.2 Å². The van der Waals surface area contributed by atoms with Gasteiger partial charge in [0, 0.05) is 11.1 Å².